The fourth-order valence-electron chi connectivity index (χ4n) is 2.57. The van der Waals surface area contributed by atoms with Crippen LogP contribution in [0.2, 0.25) is 0 Å². The molecule has 0 aliphatic carbocycles. The van der Waals surface area contributed by atoms with E-state index in [9.17, 15) is 0 Å². The highest BCUT2D eigenvalue weighted by Crippen LogP contribution is 2.26. The zero-order valence-electron chi connectivity index (χ0n) is 12.5. The molecule has 0 unspecified atom stereocenters. The first-order chi connectivity index (χ1) is 10.9. The zero-order chi connectivity index (χ0) is 14.8. The molecule has 116 valence electrons. The van der Waals surface area contributed by atoms with Crippen molar-refractivity contribution in [3.8, 4) is 11.5 Å². The van der Waals surface area contributed by atoms with Crippen molar-refractivity contribution >= 4 is 10.8 Å². The van der Waals surface area contributed by atoms with Crippen LogP contribution >= 0.6 is 0 Å². The minimum absolute atomic E-state index is 0.537. The summed E-state index contributed by atoms with van der Waals surface area (Å²) in [6.07, 6.45) is 0. The Morgan fingerprint density at radius 3 is 1.64 bits per heavy atom. The number of rotatable bonds is 6. The molecular formula is C18H20O4. The van der Waals surface area contributed by atoms with Crippen molar-refractivity contribution in [2.45, 2.75) is 0 Å². The van der Waals surface area contributed by atoms with Gasteiger partial charge in [-0.3, -0.25) is 0 Å². The maximum atomic E-state index is 5.85. The van der Waals surface area contributed by atoms with Gasteiger partial charge in [-0.1, -0.05) is 12.1 Å². The van der Waals surface area contributed by atoms with Crippen molar-refractivity contribution in [1.29, 1.82) is 0 Å². The van der Waals surface area contributed by atoms with Gasteiger partial charge in [-0.15, -0.1) is 0 Å². The highest BCUT2D eigenvalue weighted by Gasteiger charge is 2.19. The van der Waals surface area contributed by atoms with Gasteiger partial charge in [0, 0.05) is 11.8 Å². The van der Waals surface area contributed by atoms with Crippen LogP contribution in [-0.4, -0.2) is 39.6 Å². The molecular weight excluding hydrogens is 280 g/mol. The maximum Gasteiger partial charge on any atom is 0.119 e. The van der Waals surface area contributed by atoms with E-state index in [1.54, 1.807) is 0 Å². The molecule has 0 atom stereocenters. The van der Waals surface area contributed by atoms with Gasteiger partial charge in [-0.25, -0.2) is 0 Å². The van der Waals surface area contributed by atoms with Crippen LogP contribution in [0.1, 0.15) is 0 Å². The standard InChI is InChI=1S/C18H20O4/c1-3-17(21-11-13-7-19-8-13)5-16-6-18(4-2-15(1)16)22-12-14-9-20-10-14/h1-6,13-14H,7-12H2. The van der Waals surface area contributed by atoms with E-state index in [0.717, 1.165) is 56.5 Å². The summed E-state index contributed by atoms with van der Waals surface area (Å²) in [6.45, 7) is 4.71. The Labute approximate surface area is 129 Å². The van der Waals surface area contributed by atoms with E-state index >= 15 is 0 Å². The van der Waals surface area contributed by atoms with E-state index in [1.165, 1.54) is 5.39 Å². The lowest BCUT2D eigenvalue weighted by atomic mass is 10.1. The lowest BCUT2D eigenvalue weighted by molar-refractivity contribution is -0.0508. The zero-order valence-corrected chi connectivity index (χ0v) is 12.5. The summed E-state index contributed by atoms with van der Waals surface area (Å²) in [6, 6.07) is 12.4. The Bertz CT molecular complexity index is 594. The highest BCUT2D eigenvalue weighted by molar-refractivity contribution is 5.85. The molecule has 4 rings (SSSR count). The fourth-order valence-corrected chi connectivity index (χ4v) is 2.57. The Morgan fingerprint density at radius 2 is 1.23 bits per heavy atom. The summed E-state index contributed by atoms with van der Waals surface area (Å²) in [4.78, 5) is 0. The van der Waals surface area contributed by atoms with Crippen LogP contribution in [-0.2, 0) is 9.47 Å². The van der Waals surface area contributed by atoms with Gasteiger partial charge >= 0.3 is 0 Å². The van der Waals surface area contributed by atoms with Crippen molar-refractivity contribution in [2.24, 2.45) is 11.8 Å². The van der Waals surface area contributed by atoms with Crippen molar-refractivity contribution in [3.63, 3.8) is 0 Å². The first-order valence-electron chi connectivity index (χ1n) is 7.82. The third-order valence-electron chi connectivity index (χ3n) is 4.17. The first kappa shape index (κ1) is 13.9. The minimum Gasteiger partial charge on any atom is -0.493 e. The number of fused-ring (bicyclic) bond motifs is 1. The maximum absolute atomic E-state index is 5.85. The molecule has 22 heavy (non-hydrogen) atoms. The Balaban J connectivity index is 1.44. The number of hydrogen-bond acceptors (Lipinski definition) is 4. The van der Waals surface area contributed by atoms with E-state index < -0.39 is 0 Å². The lowest BCUT2D eigenvalue weighted by Gasteiger charge is -2.26. The van der Waals surface area contributed by atoms with Crippen LogP contribution in [0.3, 0.4) is 0 Å². The normalized spacial score (nSPS) is 18.7. The largest absolute Gasteiger partial charge is 0.493 e. The number of hydrogen-bond donors (Lipinski definition) is 0. The first-order valence-corrected chi connectivity index (χ1v) is 7.82. The van der Waals surface area contributed by atoms with Gasteiger partial charge < -0.3 is 18.9 Å². The molecule has 2 aliphatic heterocycles. The summed E-state index contributed by atoms with van der Waals surface area (Å²) in [5.41, 5.74) is 0. The third-order valence-corrected chi connectivity index (χ3v) is 4.17. The molecule has 4 heteroatoms. The number of benzene rings is 2. The van der Waals surface area contributed by atoms with Crippen LogP contribution in [0.4, 0.5) is 0 Å². The van der Waals surface area contributed by atoms with Gasteiger partial charge in [-0.2, -0.15) is 0 Å². The van der Waals surface area contributed by atoms with E-state index in [0.29, 0.717) is 11.8 Å². The molecule has 0 radical (unpaired) electrons. The van der Waals surface area contributed by atoms with Crippen molar-refractivity contribution in [3.05, 3.63) is 36.4 Å². The average molecular weight is 300 g/mol. The lowest BCUT2D eigenvalue weighted by Crippen LogP contribution is -2.32. The minimum atomic E-state index is 0.537. The van der Waals surface area contributed by atoms with Crippen LogP contribution in [0, 0.1) is 11.8 Å². The SMILES string of the molecule is c1cc2ccc(OCC3COC3)cc2cc1OCC1COC1. The molecule has 2 aromatic rings. The smallest absolute Gasteiger partial charge is 0.119 e. The molecule has 0 amide bonds. The molecule has 0 spiro atoms. The van der Waals surface area contributed by atoms with Gasteiger partial charge in [0.25, 0.3) is 0 Å². The van der Waals surface area contributed by atoms with E-state index in [4.69, 9.17) is 18.9 Å². The molecule has 2 fully saturated rings. The van der Waals surface area contributed by atoms with Gasteiger partial charge in [-0.05, 0) is 35.0 Å². The van der Waals surface area contributed by atoms with Gasteiger partial charge in [0.1, 0.15) is 11.5 Å². The van der Waals surface area contributed by atoms with E-state index in [2.05, 4.69) is 24.3 Å². The Morgan fingerprint density at radius 1 is 0.727 bits per heavy atom. The number of ether oxygens (including phenoxy) is 4. The summed E-state index contributed by atoms with van der Waals surface area (Å²) in [7, 11) is 0. The molecule has 4 nitrogen and oxygen atoms in total. The fraction of sp³-hybridized carbons (Fsp3) is 0.444. The van der Waals surface area contributed by atoms with E-state index in [1.807, 2.05) is 12.1 Å². The molecule has 0 N–H and O–H groups in total. The van der Waals surface area contributed by atoms with Crippen molar-refractivity contribution < 1.29 is 18.9 Å². The van der Waals surface area contributed by atoms with E-state index in [-0.39, 0.29) is 0 Å². The second kappa shape index (κ2) is 6.15. The van der Waals surface area contributed by atoms with Crippen molar-refractivity contribution in [2.75, 3.05) is 39.6 Å². The third kappa shape index (κ3) is 3.03. The van der Waals surface area contributed by atoms with Gasteiger partial charge in [0.15, 0.2) is 0 Å². The van der Waals surface area contributed by atoms with Crippen LogP contribution in [0.5, 0.6) is 11.5 Å². The topological polar surface area (TPSA) is 36.9 Å². The Kier molecular flexibility index (Phi) is 3.87. The second-order valence-corrected chi connectivity index (χ2v) is 6.10. The van der Waals surface area contributed by atoms with Crippen molar-refractivity contribution in [1.82, 2.24) is 0 Å². The molecule has 2 heterocycles. The molecule has 2 aromatic carbocycles. The highest BCUT2D eigenvalue weighted by atomic mass is 16.5. The van der Waals surface area contributed by atoms with Gasteiger partial charge in [0.05, 0.1) is 39.6 Å². The molecule has 0 aromatic heterocycles. The summed E-state index contributed by atoms with van der Waals surface area (Å²) >= 11 is 0. The molecule has 2 saturated heterocycles. The predicted octanol–water partition coefficient (Wildman–Crippen LogP) is 2.89. The van der Waals surface area contributed by atoms with Crippen LogP contribution < -0.4 is 9.47 Å². The molecule has 2 aliphatic rings. The second-order valence-electron chi connectivity index (χ2n) is 6.10. The summed E-state index contributed by atoms with van der Waals surface area (Å²) < 4.78 is 22.0. The van der Waals surface area contributed by atoms with Crippen LogP contribution in [0.15, 0.2) is 36.4 Å². The summed E-state index contributed by atoms with van der Waals surface area (Å²) in [5.74, 6) is 2.89. The molecule has 0 bridgehead atoms. The quantitative estimate of drug-likeness (QED) is 0.822. The molecule has 0 saturated carbocycles. The summed E-state index contributed by atoms with van der Waals surface area (Å²) in [5, 5.41) is 2.34. The average Bonchev–Trinajstić information content (AvgIpc) is 2.43. The van der Waals surface area contributed by atoms with Gasteiger partial charge in [0.2, 0.25) is 0 Å². The Hall–Kier alpha value is -1.78. The monoisotopic (exact) mass is 300 g/mol. The van der Waals surface area contributed by atoms with Crippen LogP contribution in [0.25, 0.3) is 10.8 Å². The predicted molar refractivity (Wildman–Crippen MR) is 83.6 cm³/mol.